The number of carbonyl (C=O) groups is 1. The molecule has 0 saturated carbocycles. The number of rotatable bonds is 2. The molecule has 5 heteroatoms. The fraction of sp³-hybridized carbons (Fsp3) is 0. The highest BCUT2D eigenvalue weighted by Gasteiger charge is 2.08. The maximum atomic E-state index is 11.3. The summed E-state index contributed by atoms with van der Waals surface area (Å²) in [5, 5.41) is 10.4. The number of carbonyl (C=O) groups excluding carboxylic acids is 1. The molecule has 0 aromatic carbocycles. The number of H-pyrrole nitrogens is 1. The Bertz CT molecular complexity index is 539. The lowest BCUT2D eigenvalue weighted by Crippen LogP contribution is -2.17. The van der Waals surface area contributed by atoms with Crippen LogP contribution in [-0.4, -0.2) is 15.9 Å². The van der Waals surface area contributed by atoms with E-state index in [1.165, 1.54) is 0 Å². The molecule has 0 atom stereocenters. The molecule has 1 amide bonds. The van der Waals surface area contributed by atoms with Crippen molar-refractivity contribution in [3.63, 3.8) is 0 Å². The summed E-state index contributed by atoms with van der Waals surface area (Å²) in [5.74, 6) is -0.442. The van der Waals surface area contributed by atoms with Crippen molar-refractivity contribution in [1.82, 2.24) is 15.3 Å². The predicted molar refractivity (Wildman–Crippen MR) is 57.1 cm³/mol. The van der Waals surface area contributed by atoms with Crippen molar-refractivity contribution in [2.24, 2.45) is 0 Å². The SMILES string of the molecule is N#CNC(=O)c1cc(-c2ccncc2)c[nH]1. The molecule has 5 nitrogen and oxygen atoms in total. The van der Waals surface area contributed by atoms with E-state index in [1.807, 2.05) is 17.4 Å². The number of nitrogens with one attached hydrogen (secondary N) is 2. The highest BCUT2D eigenvalue weighted by atomic mass is 16.1. The van der Waals surface area contributed by atoms with Crippen LogP contribution >= 0.6 is 0 Å². The van der Waals surface area contributed by atoms with Crippen molar-refractivity contribution in [2.75, 3.05) is 0 Å². The zero-order valence-corrected chi connectivity index (χ0v) is 8.27. The summed E-state index contributed by atoms with van der Waals surface area (Å²) in [6.45, 7) is 0. The van der Waals surface area contributed by atoms with Gasteiger partial charge in [0.1, 0.15) is 5.69 Å². The summed E-state index contributed by atoms with van der Waals surface area (Å²) in [4.78, 5) is 18.0. The Hall–Kier alpha value is -2.61. The molecular weight excluding hydrogens is 204 g/mol. The van der Waals surface area contributed by atoms with Crippen molar-refractivity contribution < 1.29 is 4.79 Å². The molecule has 16 heavy (non-hydrogen) atoms. The van der Waals surface area contributed by atoms with E-state index in [9.17, 15) is 4.79 Å². The summed E-state index contributed by atoms with van der Waals surface area (Å²) in [5.41, 5.74) is 2.20. The molecule has 0 saturated heterocycles. The van der Waals surface area contributed by atoms with Gasteiger partial charge in [0.05, 0.1) is 0 Å². The molecule has 2 aromatic rings. The van der Waals surface area contributed by atoms with E-state index in [4.69, 9.17) is 5.26 Å². The second-order valence-corrected chi connectivity index (χ2v) is 3.10. The number of aromatic nitrogens is 2. The van der Waals surface area contributed by atoms with E-state index in [1.54, 1.807) is 30.9 Å². The van der Waals surface area contributed by atoms with Crippen LogP contribution in [0.3, 0.4) is 0 Å². The highest BCUT2D eigenvalue weighted by Crippen LogP contribution is 2.18. The van der Waals surface area contributed by atoms with Gasteiger partial charge in [-0.1, -0.05) is 0 Å². The molecule has 0 aliphatic heterocycles. The molecule has 2 aromatic heterocycles. The maximum absolute atomic E-state index is 11.3. The monoisotopic (exact) mass is 212 g/mol. The van der Waals surface area contributed by atoms with Gasteiger partial charge in [-0.25, -0.2) is 0 Å². The highest BCUT2D eigenvalue weighted by molar-refractivity contribution is 5.94. The molecule has 0 bridgehead atoms. The average molecular weight is 212 g/mol. The third kappa shape index (κ3) is 1.91. The fourth-order valence-corrected chi connectivity index (χ4v) is 1.35. The molecule has 0 aliphatic rings. The molecule has 78 valence electrons. The molecule has 2 N–H and O–H groups in total. The van der Waals surface area contributed by atoms with E-state index >= 15 is 0 Å². The second kappa shape index (κ2) is 4.28. The van der Waals surface area contributed by atoms with E-state index in [0.717, 1.165) is 11.1 Å². The van der Waals surface area contributed by atoms with Crippen LogP contribution in [0.2, 0.25) is 0 Å². The first-order chi connectivity index (χ1) is 7.81. The minimum atomic E-state index is -0.442. The summed E-state index contributed by atoms with van der Waals surface area (Å²) in [6, 6.07) is 5.37. The van der Waals surface area contributed by atoms with Gasteiger partial charge in [0.2, 0.25) is 0 Å². The van der Waals surface area contributed by atoms with Crippen molar-refractivity contribution in [3.8, 4) is 17.3 Å². The van der Waals surface area contributed by atoms with Gasteiger partial charge in [0, 0.05) is 24.2 Å². The van der Waals surface area contributed by atoms with Crippen LogP contribution in [0, 0.1) is 11.5 Å². The molecule has 2 heterocycles. The van der Waals surface area contributed by atoms with Crippen molar-refractivity contribution in [2.45, 2.75) is 0 Å². The zero-order valence-electron chi connectivity index (χ0n) is 8.27. The number of hydrogen-bond acceptors (Lipinski definition) is 3. The summed E-state index contributed by atoms with van der Waals surface area (Å²) < 4.78 is 0. The third-order valence-electron chi connectivity index (χ3n) is 2.11. The number of pyridine rings is 1. The minimum absolute atomic E-state index is 0.355. The Morgan fingerprint density at radius 2 is 2.12 bits per heavy atom. The Balaban J connectivity index is 2.27. The maximum Gasteiger partial charge on any atom is 0.280 e. The first-order valence-electron chi connectivity index (χ1n) is 4.59. The van der Waals surface area contributed by atoms with Gasteiger partial charge in [-0.2, -0.15) is 5.26 Å². The van der Waals surface area contributed by atoms with E-state index in [2.05, 4.69) is 9.97 Å². The van der Waals surface area contributed by atoms with Crippen LogP contribution in [0.15, 0.2) is 36.8 Å². The van der Waals surface area contributed by atoms with Gasteiger partial charge < -0.3 is 4.98 Å². The van der Waals surface area contributed by atoms with Gasteiger partial charge in [0.15, 0.2) is 6.19 Å². The topological polar surface area (TPSA) is 81.6 Å². The standard InChI is InChI=1S/C11H8N4O/c12-7-15-11(16)10-5-9(6-14-10)8-1-3-13-4-2-8/h1-6,14H,(H,15,16). The number of aromatic amines is 1. The third-order valence-corrected chi connectivity index (χ3v) is 2.11. The lowest BCUT2D eigenvalue weighted by molar-refractivity contribution is 0.0968. The number of nitriles is 1. The minimum Gasteiger partial charge on any atom is -0.357 e. The molecule has 0 radical (unpaired) electrons. The largest absolute Gasteiger partial charge is 0.357 e. The molecule has 0 fully saturated rings. The van der Waals surface area contributed by atoms with Gasteiger partial charge in [-0.3, -0.25) is 15.1 Å². The first kappa shape index (κ1) is 9.93. The zero-order chi connectivity index (χ0) is 11.4. The van der Waals surface area contributed by atoms with Crippen LogP contribution < -0.4 is 5.32 Å². The Morgan fingerprint density at radius 3 is 2.81 bits per heavy atom. The average Bonchev–Trinajstić information content (AvgIpc) is 2.80. The van der Waals surface area contributed by atoms with E-state index < -0.39 is 5.91 Å². The number of nitrogens with zero attached hydrogens (tertiary/aromatic N) is 2. The van der Waals surface area contributed by atoms with E-state index in [-0.39, 0.29) is 0 Å². The van der Waals surface area contributed by atoms with Gasteiger partial charge in [-0.05, 0) is 23.8 Å². The molecule has 0 aliphatic carbocycles. The van der Waals surface area contributed by atoms with Crippen LogP contribution in [0.25, 0.3) is 11.1 Å². The van der Waals surface area contributed by atoms with Crippen LogP contribution in [0.5, 0.6) is 0 Å². The lowest BCUT2D eigenvalue weighted by Gasteiger charge is -1.94. The summed E-state index contributed by atoms with van der Waals surface area (Å²) in [7, 11) is 0. The van der Waals surface area contributed by atoms with Crippen molar-refractivity contribution in [3.05, 3.63) is 42.5 Å². The van der Waals surface area contributed by atoms with Crippen molar-refractivity contribution >= 4 is 5.91 Å². The quantitative estimate of drug-likeness (QED) is 0.581. The molecule has 0 unspecified atom stereocenters. The first-order valence-corrected chi connectivity index (χ1v) is 4.59. The van der Waals surface area contributed by atoms with Gasteiger partial charge >= 0.3 is 0 Å². The molecule has 0 spiro atoms. The summed E-state index contributed by atoms with van der Waals surface area (Å²) >= 11 is 0. The smallest absolute Gasteiger partial charge is 0.280 e. The fourth-order valence-electron chi connectivity index (χ4n) is 1.35. The number of amides is 1. The van der Waals surface area contributed by atoms with Crippen LogP contribution in [0.4, 0.5) is 0 Å². The second-order valence-electron chi connectivity index (χ2n) is 3.10. The Kier molecular flexibility index (Phi) is 2.65. The Labute approximate surface area is 91.8 Å². The Morgan fingerprint density at radius 1 is 1.38 bits per heavy atom. The molecule has 2 rings (SSSR count). The normalized spacial score (nSPS) is 9.44. The molecular formula is C11H8N4O. The van der Waals surface area contributed by atoms with Crippen LogP contribution in [-0.2, 0) is 0 Å². The summed E-state index contributed by atoms with van der Waals surface area (Å²) in [6.07, 6.45) is 6.65. The predicted octanol–water partition coefficient (Wildman–Crippen LogP) is 1.29. The van der Waals surface area contributed by atoms with Gasteiger partial charge in [-0.15, -0.1) is 0 Å². The van der Waals surface area contributed by atoms with Crippen LogP contribution in [0.1, 0.15) is 10.5 Å². The van der Waals surface area contributed by atoms with E-state index in [0.29, 0.717) is 5.69 Å². The number of hydrogen-bond donors (Lipinski definition) is 2. The van der Waals surface area contributed by atoms with Gasteiger partial charge in [0.25, 0.3) is 5.91 Å². The van der Waals surface area contributed by atoms with Crippen molar-refractivity contribution in [1.29, 1.82) is 5.26 Å². The lowest BCUT2D eigenvalue weighted by atomic mass is 10.1.